The van der Waals surface area contributed by atoms with Crippen molar-refractivity contribution in [2.75, 3.05) is 44.4 Å². The Kier molecular flexibility index (Phi) is 6.31. The highest BCUT2D eigenvalue weighted by molar-refractivity contribution is 6.39. The van der Waals surface area contributed by atoms with E-state index in [9.17, 15) is 9.59 Å². The number of para-hydroxylation sites is 1. The van der Waals surface area contributed by atoms with Crippen LogP contribution in [-0.2, 0) is 16.0 Å². The highest BCUT2D eigenvalue weighted by Gasteiger charge is 2.21. The Morgan fingerprint density at radius 3 is 2.57 bits per heavy atom. The van der Waals surface area contributed by atoms with Gasteiger partial charge in [0.25, 0.3) is 0 Å². The molecule has 6 heteroatoms. The summed E-state index contributed by atoms with van der Waals surface area (Å²) in [5.74, 6) is -1.29. The van der Waals surface area contributed by atoms with E-state index in [1.54, 1.807) is 12.1 Å². The highest BCUT2D eigenvalue weighted by atomic mass is 16.2. The Balaban J connectivity index is 1.65. The number of aryl methyl sites for hydroxylation is 1. The Labute approximate surface area is 166 Å². The Hall–Kier alpha value is -2.86. The number of benzene rings is 2. The van der Waals surface area contributed by atoms with Crippen LogP contribution < -0.4 is 15.5 Å². The van der Waals surface area contributed by atoms with Crippen molar-refractivity contribution in [2.45, 2.75) is 18.9 Å². The van der Waals surface area contributed by atoms with Gasteiger partial charge in [0.15, 0.2) is 0 Å². The van der Waals surface area contributed by atoms with Crippen molar-refractivity contribution in [1.29, 1.82) is 0 Å². The number of rotatable bonds is 5. The van der Waals surface area contributed by atoms with Crippen LogP contribution in [0.25, 0.3) is 0 Å². The van der Waals surface area contributed by atoms with Crippen LogP contribution in [0.4, 0.5) is 11.4 Å². The zero-order valence-electron chi connectivity index (χ0n) is 16.7. The zero-order valence-corrected chi connectivity index (χ0v) is 16.7. The first kappa shape index (κ1) is 19.9. The van der Waals surface area contributed by atoms with Crippen LogP contribution in [0.2, 0.25) is 0 Å². The smallest absolute Gasteiger partial charge is 0.313 e. The van der Waals surface area contributed by atoms with E-state index in [-0.39, 0.29) is 6.04 Å². The molecular weight excluding hydrogens is 352 g/mol. The summed E-state index contributed by atoms with van der Waals surface area (Å²) in [6.45, 7) is 1.44. The number of nitrogens with zero attached hydrogens (tertiary/aromatic N) is 2. The van der Waals surface area contributed by atoms with Gasteiger partial charge in [-0.2, -0.15) is 0 Å². The Morgan fingerprint density at radius 2 is 1.86 bits per heavy atom. The van der Waals surface area contributed by atoms with Crippen molar-refractivity contribution in [2.24, 2.45) is 0 Å². The van der Waals surface area contributed by atoms with Crippen molar-refractivity contribution in [3.63, 3.8) is 0 Å². The van der Waals surface area contributed by atoms with Gasteiger partial charge in [-0.05, 0) is 56.3 Å². The molecule has 0 unspecified atom stereocenters. The number of carbonyl (C=O) groups is 2. The normalized spacial score (nSPS) is 14.4. The van der Waals surface area contributed by atoms with E-state index in [4.69, 9.17) is 0 Å². The van der Waals surface area contributed by atoms with Crippen molar-refractivity contribution < 1.29 is 9.59 Å². The second-order valence-electron chi connectivity index (χ2n) is 7.42. The quantitative estimate of drug-likeness (QED) is 0.782. The fourth-order valence-corrected chi connectivity index (χ4v) is 3.59. The second kappa shape index (κ2) is 8.89. The van der Waals surface area contributed by atoms with Crippen LogP contribution in [0.1, 0.15) is 23.6 Å². The number of nitrogens with one attached hydrogen (secondary N) is 2. The van der Waals surface area contributed by atoms with Crippen LogP contribution in [0.15, 0.2) is 48.5 Å². The lowest BCUT2D eigenvalue weighted by Gasteiger charge is -2.30. The molecule has 0 spiro atoms. The third kappa shape index (κ3) is 4.70. The topological polar surface area (TPSA) is 64.7 Å². The lowest BCUT2D eigenvalue weighted by molar-refractivity contribution is -0.136. The lowest BCUT2D eigenvalue weighted by Crippen LogP contribution is -2.40. The first-order valence-corrected chi connectivity index (χ1v) is 9.60. The van der Waals surface area contributed by atoms with Crippen molar-refractivity contribution in [3.8, 4) is 0 Å². The van der Waals surface area contributed by atoms with Gasteiger partial charge in [0.1, 0.15) is 0 Å². The zero-order chi connectivity index (χ0) is 20.1. The number of likely N-dealkylation sites (N-methyl/N-ethyl adjacent to an activating group) is 1. The van der Waals surface area contributed by atoms with Gasteiger partial charge in [0, 0.05) is 31.5 Å². The molecule has 6 nitrogen and oxygen atoms in total. The largest absolute Gasteiger partial charge is 0.374 e. The van der Waals surface area contributed by atoms with E-state index in [1.807, 2.05) is 32.3 Å². The van der Waals surface area contributed by atoms with Crippen molar-refractivity contribution in [1.82, 2.24) is 10.2 Å². The van der Waals surface area contributed by atoms with E-state index in [2.05, 4.69) is 45.7 Å². The minimum Gasteiger partial charge on any atom is -0.374 e. The molecule has 2 aromatic carbocycles. The molecule has 0 saturated carbocycles. The van der Waals surface area contributed by atoms with Crippen LogP contribution in [0.5, 0.6) is 0 Å². The highest BCUT2D eigenvalue weighted by Crippen LogP contribution is 2.29. The minimum atomic E-state index is -0.657. The third-order valence-corrected chi connectivity index (χ3v) is 5.16. The van der Waals surface area contributed by atoms with Gasteiger partial charge in [-0.15, -0.1) is 0 Å². The van der Waals surface area contributed by atoms with Crippen LogP contribution in [0, 0.1) is 0 Å². The predicted molar refractivity (Wildman–Crippen MR) is 113 cm³/mol. The summed E-state index contributed by atoms with van der Waals surface area (Å²) in [5, 5.41) is 5.38. The average Bonchev–Trinajstić information content (AvgIpc) is 2.68. The van der Waals surface area contributed by atoms with Crippen LogP contribution >= 0.6 is 0 Å². The second-order valence-corrected chi connectivity index (χ2v) is 7.42. The summed E-state index contributed by atoms with van der Waals surface area (Å²) in [7, 11) is 6.07. The standard InChI is InChI=1S/C22H28N4O2/c1-25(2)20(17-11-12-19-16(14-17)8-7-13-26(19)3)15-23-21(27)22(28)24-18-9-5-4-6-10-18/h4-6,9-12,14,20H,7-8,13,15H2,1-3H3,(H,23,27)(H,24,28)/t20-/m0/s1. The molecule has 3 rings (SSSR count). The van der Waals surface area contributed by atoms with Crippen LogP contribution in [-0.4, -0.2) is 50.9 Å². The van der Waals surface area contributed by atoms with Gasteiger partial charge in [-0.25, -0.2) is 0 Å². The van der Waals surface area contributed by atoms with E-state index in [1.165, 1.54) is 11.3 Å². The van der Waals surface area contributed by atoms with Gasteiger partial charge in [0.2, 0.25) is 0 Å². The number of anilines is 2. The summed E-state index contributed by atoms with van der Waals surface area (Å²) in [6, 6.07) is 15.5. The molecule has 0 bridgehead atoms. The fraction of sp³-hybridized carbons (Fsp3) is 0.364. The molecule has 0 fully saturated rings. The number of hydrogen-bond acceptors (Lipinski definition) is 4. The van der Waals surface area contributed by atoms with Gasteiger partial charge < -0.3 is 20.4 Å². The lowest BCUT2D eigenvalue weighted by atomic mass is 9.96. The molecule has 148 valence electrons. The van der Waals surface area contributed by atoms with E-state index in [0.717, 1.165) is 24.9 Å². The number of amides is 2. The molecule has 1 aliphatic rings. The maximum absolute atomic E-state index is 12.2. The molecule has 0 radical (unpaired) electrons. The van der Waals surface area contributed by atoms with E-state index < -0.39 is 11.8 Å². The van der Waals surface area contributed by atoms with Crippen molar-refractivity contribution >= 4 is 23.2 Å². The Bertz CT molecular complexity index is 836. The maximum Gasteiger partial charge on any atom is 0.313 e. The molecular formula is C22H28N4O2. The summed E-state index contributed by atoms with van der Waals surface area (Å²) in [6.07, 6.45) is 2.22. The SMILES string of the molecule is CN1CCCc2cc([C@H](CNC(=O)C(=O)Nc3ccccc3)N(C)C)ccc21. The molecule has 2 amide bonds. The van der Waals surface area contributed by atoms with Gasteiger partial charge in [-0.1, -0.05) is 30.3 Å². The van der Waals surface area contributed by atoms with Crippen LogP contribution in [0.3, 0.4) is 0 Å². The molecule has 0 aliphatic carbocycles. The number of fused-ring (bicyclic) bond motifs is 1. The predicted octanol–water partition coefficient (Wildman–Crippen LogP) is 2.43. The molecule has 2 N–H and O–H groups in total. The summed E-state index contributed by atoms with van der Waals surface area (Å²) in [4.78, 5) is 28.7. The first-order chi connectivity index (χ1) is 13.5. The summed E-state index contributed by atoms with van der Waals surface area (Å²) in [5.41, 5.74) is 4.36. The molecule has 1 heterocycles. The fourth-order valence-electron chi connectivity index (χ4n) is 3.59. The molecule has 2 aromatic rings. The molecule has 0 aromatic heterocycles. The number of carbonyl (C=O) groups excluding carboxylic acids is 2. The monoisotopic (exact) mass is 380 g/mol. The van der Waals surface area contributed by atoms with Gasteiger partial charge >= 0.3 is 11.8 Å². The van der Waals surface area contributed by atoms with Gasteiger partial charge in [-0.3, -0.25) is 9.59 Å². The first-order valence-electron chi connectivity index (χ1n) is 9.60. The summed E-state index contributed by atoms with van der Waals surface area (Å²) >= 11 is 0. The van der Waals surface area contributed by atoms with E-state index >= 15 is 0 Å². The van der Waals surface area contributed by atoms with E-state index in [0.29, 0.717) is 12.2 Å². The van der Waals surface area contributed by atoms with Crippen molar-refractivity contribution in [3.05, 3.63) is 59.7 Å². The Morgan fingerprint density at radius 1 is 1.11 bits per heavy atom. The molecule has 1 aliphatic heterocycles. The van der Waals surface area contributed by atoms with Gasteiger partial charge in [0.05, 0.1) is 6.04 Å². The molecule has 0 saturated heterocycles. The third-order valence-electron chi connectivity index (χ3n) is 5.16. The average molecular weight is 380 g/mol. The number of hydrogen-bond donors (Lipinski definition) is 2. The summed E-state index contributed by atoms with van der Waals surface area (Å²) < 4.78 is 0. The molecule has 1 atom stereocenters. The maximum atomic E-state index is 12.2. The minimum absolute atomic E-state index is 0.00833. The molecule has 28 heavy (non-hydrogen) atoms.